The minimum absolute atomic E-state index is 0.142. The molecule has 2 aromatic carbocycles. The molecule has 2 rings (SSSR count). The van der Waals surface area contributed by atoms with Crippen molar-refractivity contribution < 1.29 is 32.7 Å². The fourth-order valence-corrected chi connectivity index (χ4v) is 3.39. The summed E-state index contributed by atoms with van der Waals surface area (Å²) >= 11 is 3.56. The molecule has 0 aliphatic rings. The number of aliphatic hydroxyl groups is 1. The number of hydrogen-bond donors (Lipinski definition) is 4. The molecular formula is C20H23F3IN3O4S. The van der Waals surface area contributed by atoms with E-state index in [-0.39, 0.29) is 36.6 Å². The van der Waals surface area contributed by atoms with Gasteiger partial charge in [-0.05, 0) is 65.3 Å². The first-order valence-corrected chi connectivity index (χ1v) is 12.0. The van der Waals surface area contributed by atoms with Gasteiger partial charge in [0.15, 0.2) is 11.6 Å². The molecule has 1 amide bonds. The van der Waals surface area contributed by atoms with E-state index < -0.39 is 29.0 Å². The lowest BCUT2D eigenvalue weighted by atomic mass is 10.1. The van der Waals surface area contributed by atoms with E-state index in [1.165, 1.54) is 12.1 Å². The van der Waals surface area contributed by atoms with Gasteiger partial charge in [-0.25, -0.2) is 18.7 Å². The highest BCUT2D eigenvalue weighted by Gasteiger charge is 2.24. The Morgan fingerprint density at radius 3 is 2.62 bits per heavy atom. The minimum Gasteiger partial charge on any atom is -0.394 e. The van der Waals surface area contributed by atoms with E-state index in [0.29, 0.717) is 10.2 Å². The molecule has 0 atom stereocenters. The van der Waals surface area contributed by atoms with Gasteiger partial charge in [-0.1, -0.05) is 0 Å². The molecule has 176 valence electrons. The number of thioether (sulfide) groups is 1. The van der Waals surface area contributed by atoms with Gasteiger partial charge in [0.25, 0.3) is 5.91 Å². The van der Waals surface area contributed by atoms with Crippen molar-refractivity contribution in [3.05, 3.63) is 56.4 Å². The summed E-state index contributed by atoms with van der Waals surface area (Å²) in [4.78, 5) is 22.5. The summed E-state index contributed by atoms with van der Waals surface area (Å²) in [5.74, 6) is -3.31. The Kier molecular flexibility index (Phi) is 11.5. The van der Waals surface area contributed by atoms with E-state index in [4.69, 9.17) is 14.8 Å². The Balaban J connectivity index is 2.31. The Hall–Kier alpha value is -1.58. The predicted octanol–water partition coefficient (Wildman–Crippen LogP) is 3.88. The van der Waals surface area contributed by atoms with Crippen molar-refractivity contribution >= 4 is 51.6 Å². The number of amides is 1. The number of halogens is 4. The van der Waals surface area contributed by atoms with Crippen LogP contribution in [0.4, 0.5) is 24.5 Å². The maximum absolute atomic E-state index is 15.0. The highest BCUT2D eigenvalue weighted by atomic mass is 127. The van der Waals surface area contributed by atoms with Crippen LogP contribution in [0.5, 0.6) is 0 Å². The average Bonchev–Trinajstić information content (AvgIpc) is 2.76. The number of carbonyl (C=O) groups is 1. The monoisotopic (exact) mass is 585 g/mol. The summed E-state index contributed by atoms with van der Waals surface area (Å²) in [5.41, 5.74) is 3.38. The first kappa shape index (κ1) is 26.7. The van der Waals surface area contributed by atoms with Crippen molar-refractivity contribution in [2.75, 3.05) is 37.1 Å². The van der Waals surface area contributed by atoms with Gasteiger partial charge in [-0.2, -0.15) is 17.2 Å². The quantitative estimate of drug-likeness (QED) is 0.161. The van der Waals surface area contributed by atoms with Crippen LogP contribution in [0.15, 0.2) is 24.3 Å². The van der Waals surface area contributed by atoms with E-state index in [2.05, 4.69) is 10.8 Å². The zero-order valence-corrected chi connectivity index (χ0v) is 20.1. The Bertz CT molecular complexity index is 924. The highest BCUT2D eigenvalue weighted by Crippen LogP contribution is 2.30. The number of nitrogens with one attached hydrogen (secondary N) is 3. The van der Waals surface area contributed by atoms with Crippen molar-refractivity contribution in [3.63, 3.8) is 0 Å². The first-order valence-electron chi connectivity index (χ1n) is 9.48. The fraction of sp³-hybridized carbons (Fsp3) is 0.350. The van der Waals surface area contributed by atoms with Gasteiger partial charge in [-0.3, -0.25) is 9.63 Å². The molecule has 0 fully saturated rings. The van der Waals surface area contributed by atoms with Gasteiger partial charge >= 0.3 is 0 Å². The fourth-order valence-electron chi connectivity index (χ4n) is 2.53. The second-order valence-corrected chi connectivity index (χ2v) is 8.59. The third-order valence-electron chi connectivity index (χ3n) is 4.04. The normalized spacial score (nSPS) is 10.9. The molecule has 0 heterocycles. The third-order valence-corrected chi connectivity index (χ3v) is 5.40. The Labute approximate surface area is 201 Å². The molecule has 0 aliphatic carbocycles. The molecule has 0 unspecified atom stereocenters. The molecule has 0 bridgehead atoms. The molecular weight excluding hydrogens is 562 g/mol. The number of carbonyl (C=O) groups excluding carboxylic acids is 1. The Morgan fingerprint density at radius 1 is 1.16 bits per heavy atom. The van der Waals surface area contributed by atoms with Crippen LogP contribution in [0.2, 0.25) is 0 Å². The summed E-state index contributed by atoms with van der Waals surface area (Å²) in [6.07, 6.45) is 2.73. The molecule has 12 heteroatoms. The predicted molar refractivity (Wildman–Crippen MR) is 125 cm³/mol. The van der Waals surface area contributed by atoms with Crippen LogP contribution in [-0.2, 0) is 16.2 Å². The second-order valence-electron chi connectivity index (χ2n) is 6.35. The number of aliphatic hydroxyl groups excluding tert-OH is 1. The second kappa shape index (κ2) is 13.9. The SMILES string of the molecule is CSCCCONCc1cc(C(=O)NOCCO)c(Nc2ccc(I)cc2F)c(F)c1F. The van der Waals surface area contributed by atoms with Crippen LogP contribution in [0.1, 0.15) is 22.3 Å². The molecule has 0 aromatic heterocycles. The molecule has 32 heavy (non-hydrogen) atoms. The molecule has 0 saturated heterocycles. The lowest BCUT2D eigenvalue weighted by molar-refractivity contribution is 0.0168. The third kappa shape index (κ3) is 7.78. The van der Waals surface area contributed by atoms with Gasteiger partial charge in [0.05, 0.1) is 36.8 Å². The van der Waals surface area contributed by atoms with Gasteiger partial charge in [0, 0.05) is 15.7 Å². The summed E-state index contributed by atoms with van der Waals surface area (Å²) in [6.45, 7) is -0.403. The van der Waals surface area contributed by atoms with E-state index >= 15 is 0 Å². The number of hydrogen-bond acceptors (Lipinski definition) is 7. The smallest absolute Gasteiger partial charge is 0.277 e. The van der Waals surface area contributed by atoms with Gasteiger partial charge in [-0.15, -0.1) is 0 Å². The molecule has 0 saturated carbocycles. The summed E-state index contributed by atoms with van der Waals surface area (Å²) in [5, 5.41) is 11.2. The van der Waals surface area contributed by atoms with Crippen LogP contribution in [-0.4, -0.2) is 42.8 Å². The number of anilines is 2. The van der Waals surface area contributed by atoms with Crippen molar-refractivity contribution in [2.45, 2.75) is 13.0 Å². The highest BCUT2D eigenvalue weighted by molar-refractivity contribution is 14.1. The number of benzene rings is 2. The number of hydroxylamine groups is 2. The van der Waals surface area contributed by atoms with Gasteiger partial charge in [0.1, 0.15) is 5.82 Å². The average molecular weight is 585 g/mol. The van der Waals surface area contributed by atoms with Crippen LogP contribution in [0.25, 0.3) is 0 Å². The first-order chi connectivity index (χ1) is 15.4. The molecule has 2 aromatic rings. The topological polar surface area (TPSA) is 91.9 Å². The van der Waals surface area contributed by atoms with Crippen molar-refractivity contribution in [3.8, 4) is 0 Å². The van der Waals surface area contributed by atoms with Crippen LogP contribution >= 0.6 is 34.4 Å². The van der Waals surface area contributed by atoms with E-state index in [0.717, 1.165) is 18.2 Å². The van der Waals surface area contributed by atoms with Crippen LogP contribution < -0.4 is 16.3 Å². The maximum atomic E-state index is 15.0. The molecule has 0 aliphatic heterocycles. The molecule has 7 nitrogen and oxygen atoms in total. The molecule has 0 spiro atoms. The van der Waals surface area contributed by atoms with Crippen LogP contribution in [0.3, 0.4) is 0 Å². The minimum atomic E-state index is -1.36. The zero-order chi connectivity index (χ0) is 23.5. The van der Waals surface area contributed by atoms with E-state index in [1.807, 2.05) is 34.3 Å². The standard InChI is InChI=1S/C20H23F3IN3O4S/c1-32-8-2-6-30-25-11-12-9-14(20(29)27-31-7-5-28)19(18(23)17(12)22)26-16-4-3-13(24)10-15(16)21/h3-4,9-10,25-26,28H,2,5-8,11H2,1H3,(H,27,29). The molecule has 4 N–H and O–H groups in total. The summed E-state index contributed by atoms with van der Waals surface area (Å²) in [7, 11) is 0. The summed E-state index contributed by atoms with van der Waals surface area (Å²) < 4.78 is 44.5. The lowest BCUT2D eigenvalue weighted by Gasteiger charge is -2.17. The maximum Gasteiger partial charge on any atom is 0.277 e. The largest absolute Gasteiger partial charge is 0.394 e. The van der Waals surface area contributed by atoms with Crippen molar-refractivity contribution in [1.29, 1.82) is 0 Å². The van der Waals surface area contributed by atoms with Crippen LogP contribution in [0, 0.1) is 21.0 Å². The van der Waals surface area contributed by atoms with E-state index in [1.54, 1.807) is 17.8 Å². The van der Waals surface area contributed by atoms with Crippen molar-refractivity contribution in [1.82, 2.24) is 11.0 Å². The molecule has 0 radical (unpaired) electrons. The Morgan fingerprint density at radius 2 is 1.94 bits per heavy atom. The zero-order valence-electron chi connectivity index (χ0n) is 17.1. The van der Waals surface area contributed by atoms with Gasteiger partial charge < -0.3 is 15.3 Å². The number of rotatable bonds is 13. The summed E-state index contributed by atoms with van der Waals surface area (Å²) in [6, 6.07) is 5.22. The van der Waals surface area contributed by atoms with Gasteiger partial charge in [0.2, 0.25) is 0 Å². The van der Waals surface area contributed by atoms with Crippen molar-refractivity contribution in [2.24, 2.45) is 0 Å². The van der Waals surface area contributed by atoms with E-state index in [9.17, 15) is 18.0 Å². The lowest BCUT2D eigenvalue weighted by Crippen LogP contribution is -2.27.